The summed E-state index contributed by atoms with van der Waals surface area (Å²) in [5.74, 6) is -1.56. The van der Waals surface area contributed by atoms with Gasteiger partial charge in [0.05, 0.1) is 29.2 Å². The van der Waals surface area contributed by atoms with Gasteiger partial charge in [0.15, 0.2) is 0 Å². The Hall–Kier alpha value is -0.814. The molecule has 1 rings (SSSR count). The van der Waals surface area contributed by atoms with E-state index in [0.717, 1.165) is 69.6 Å². The molecule has 0 aromatic heterocycles. The van der Waals surface area contributed by atoms with E-state index in [1.807, 2.05) is 0 Å². The van der Waals surface area contributed by atoms with Crippen molar-refractivity contribution in [2.45, 2.75) is 160 Å². The van der Waals surface area contributed by atoms with Crippen LogP contribution in [0.15, 0.2) is 47.4 Å². The Morgan fingerprint density at radius 3 is 1.32 bits per heavy atom. The van der Waals surface area contributed by atoms with Gasteiger partial charge in [-0.2, -0.15) is 0 Å². The van der Waals surface area contributed by atoms with E-state index in [9.17, 15) is 22.6 Å². The van der Waals surface area contributed by atoms with Gasteiger partial charge in [-0.25, -0.2) is 18.0 Å². The molecule has 0 unspecified atom stereocenters. The average molecular weight is 701 g/mol. The maximum atomic E-state index is 12.8. The fourth-order valence-corrected chi connectivity index (χ4v) is 5.78. The van der Waals surface area contributed by atoms with E-state index < -0.39 is 27.0 Å². The Bertz CT molecular complexity index is 1120. The molecular formula is C38H61KO7S. The second-order valence-electron chi connectivity index (χ2n) is 12.1. The number of carbonyl (C=O) groups excluding carboxylic acids is 2. The van der Waals surface area contributed by atoms with Crippen LogP contribution in [0, 0.1) is 0 Å². The SMILES string of the molecule is CC/C=C/CCCCCCCCCCCOC(=O)c1ccc(S(=O)(=O)[O-])cc1C(=O)OCCCCCCCCCCC/C=C/CC.[K+]. The number of esters is 2. The van der Waals surface area contributed by atoms with Gasteiger partial charge >= 0.3 is 63.3 Å². The molecule has 0 heterocycles. The van der Waals surface area contributed by atoms with E-state index in [-0.39, 0.29) is 75.7 Å². The maximum absolute atomic E-state index is 12.8. The van der Waals surface area contributed by atoms with Crippen LogP contribution < -0.4 is 51.4 Å². The Kier molecular flexibility index (Phi) is 30.6. The summed E-state index contributed by atoms with van der Waals surface area (Å²) in [6, 6.07) is 3.11. The van der Waals surface area contributed by atoms with Crippen LogP contribution in [0.25, 0.3) is 0 Å². The van der Waals surface area contributed by atoms with Gasteiger partial charge in [-0.3, -0.25) is 0 Å². The van der Waals surface area contributed by atoms with Crippen molar-refractivity contribution in [2.75, 3.05) is 13.2 Å². The minimum Gasteiger partial charge on any atom is -0.744 e. The monoisotopic (exact) mass is 700 g/mol. The summed E-state index contributed by atoms with van der Waals surface area (Å²) in [6.07, 6.45) is 33.7. The molecule has 0 aliphatic heterocycles. The molecule has 1 aromatic rings. The fourth-order valence-electron chi connectivity index (χ4n) is 5.28. The first-order chi connectivity index (χ1) is 22.3. The summed E-state index contributed by atoms with van der Waals surface area (Å²) in [5.41, 5.74) is -0.350. The molecule has 0 N–H and O–H groups in total. The predicted octanol–water partition coefficient (Wildman–Crippen LogP) is 7.64. The first-order valence-corrected chi connectivity index (χ1v) is 19.5. The van der Waals surface area contributed by atoms with Gasteiger partial charge in [0.2, 0.25) is 0 Å². The second kappa shape index (κ2) is 31.2. The topological polar surface area (TPSA) is 110 Å². The van der Waals surface area contributed by atoms with Crippen molar-refractivity contribution in [3.8, 4) is 0 Å². The van der Waals surface area contributed by atoms with Crippen molar-refractivity contribution in [1.82, 2.24) is 0 Å². The zero-order chi connectivity index (χ0) is 33.7. The van der Waals surface area contributed by atoms with Crippen molar-refractivity contribution in [2.24, 2.45) is 0 Å². The minimum absolute atomic E-state index is 0. The molecule has 262 valence electrons. The number of benzene rings is 1. The fraction of sp³-hybridized carbons (Fsp3) is 0.684. The Morgan fingerprint density at radius 2 is 0.936 bits per heavy atom. The van der Waals surface area contributed by atoms with E-state index >= 15 is 0 Å². The van der Waals surface area contributed by atoms with Crippen molar-refractivity contribution in [3.63, 3.8) is 0 Å². The predicted molar refractivity (Wildman–Crippen MR) is 186 cm³/mol. The zero-order valence-electron chi connectivity index (χ0n) is 29.8. The molecule has 0 radical (unpaired) electrons. The van der Waals surface area contributed by atoms with Gasteiger partial charge in [0, 0.05) is 0 Å². The molecule has 0 aliphatic carbocycles. The standard InChI is InChI=1S/C38H62O7S.K/c1-3-5-7-9-11-13-15-17-19-21-23-25-27-31-44-37(39)35-30-29-34(46(41,42)43)33-36(35)38(40)45-32-28-26-24-22-20-18-16-14-12-10-8-6-4-2;/h5-8,29-30,33H,3-4,9-28,31-32H2,1-2H3,(H,41,42,43);/q;+1/p-1/b7-5+,8-6+;. The number of ether oxygens (including phenoxy) is 2. The molecular weight excluding hydrogens is 640 g/mol. The number of allylic oxidation sites excluding steroid dienone is 4. The maximum Gasteiger partial charge on any atom is 1.00 e. The average Bonchev–Trinajstić information content (AvgIpc) is 3.04. The molecule has 0 spiro atoms. The quantitative estimate of drug-likeness (QED) is 0.0278. The van der Waals surface area contributed by atoms with Crippen LogP contribution in [-0.2, 0) is 19.6 Å². The molecule has 0 atom stereocenters. The van der Waals surface area contributed by atoms with Gasteiger partial charge in [-0.05, 0) is 69.6 Å². The van der Waals surface area contributed by atoms with Crippen molar-refractivity contribution < 1.29 is 83.4 Å². The number of hydrogen-bond acceptors (Lipinski definition) is 7. The third-order valence-corrected chi connectivity index (χ3v) is 8.85. The normalized spacial score (nSPS) is 11.6. The van der Waals surface area contributed by atoms with Crippen LogP contribution >= 0.6 is 0 Å². The number of carbonyl (C=O) groups is 2. The Labute approximate surface area is 329 Å². The second-order valence-corrected chi connectivity index (χ2v) is 13.5. The van der Waals surface area contributed by atoms with Crippen molar-refractivity contribution in [1.29, 1.82) is 0 Å². The molecule has 0 saturated carbocycles. The molecule has 0 amide bonds. The van der Waals surface area contributed by atoms with Crippen LogP contribution in [0.5, 0.6) is 0 Å². The van der Waals surface area contributed by atoms with Crippen LogP contribution in [0.4, 0.5) is 0 Å². The van der Waals surface area contributed by atoms with Gasteiger partial charge in [-0.1, -0.05) is 128 Å². The van der Waals surface area contributed by atoms with Crippen LogP contribution in [0.3, 0.4) is 0 Å². The van der Waals surface area contributed by atoms with E-state index in [1.165, 1.54) is 77.0 Å². The van der Waals surface area contributed by atoms with Gasteiger partial charge < -0.3 is 14.0 Å². The molecule has 7 nitrogen and oxygen atoms in total. The van der Waals surface area contributed by atoms with Crippen LogP contribution in [0.2, 0.25) is 0 Å². The molecule has 0 bridgehead atoms. The molecule has 47 heavy (non-hydrogen) atoms. The molecule has 9 heteroatoms. The van der Waals surface area contributed by atoms with E-state index in [2.05, 4.69) is 38.2 Å². The summed E-state index contributed by atoms with van der Waals surface area (Å²) in [5, 5.41) is 0. The van der Waals surface area contributed by atoms with Gasteiger partial charge in [-0.15, -0.1) is 0 Å². The van der Waals surface area contributed by atoms with Gasteiger partial charge in [0.1, 0.15) is 10.1 Å². The van der Waals surface area contributed by atoms with Crippen molar-refractivity contribution >= 4 is 22.1 Å². The van der Waals surface area contributed by atoms with Crippen LogP contribution in [-0.4, -0.2) is 38.1 Å². The number of hydrogen-bond donors (Lipinski definition) is 0. The molecule has 1 aromatic carbocycles. The van der Waals surface area contributed by atoms with Gasteiger partial charge in [0.25, 0.3) is 0 Å². The zero-order valence-corrected chi connectivity index (χ0v) is 33.7. The number of rotatable bonds is 29. The molecule has 0 saturated heterocycles. The summed E-state index contributed by atoms with van der Waals surface area (Å²) < 4.78 is 45.5. The summed E-state index contributed by atoms with van der Waals surface area (Å²) in [7, 11) is -4.81. The van der Waals surface area contributed by atoms with E-state index in [1.54, 1.807) is 0 Å². The minimum atomic E-state index is -4.81. The summed E-state index contributed by atoms with van der Waals surface area (Å²) in [4.78, 5) is 25.0. The Morgan fingerprint density at radius 1 is 0.574 bits per heavy atom. The first kappa shape index (κ1) is 46.2. The molecule has 0 fully saturated rings. The number of unbranched alkanes of at least 4 members (excludes halogenated alkanes) is 18. The molecule has 0 aliphatic rings. The third-order valence-electron chi connectivity index (χ3n) is 8.02. The van der Waals surface area contributed by atoms with E-state index in [4.69, 9.17) is 9.47 Å². The van der Waals surface area contributed by atoms with E-state index in [0.29, 0.717) is 12.8 Å². The Balaban J connectivity index is 0.0000212. The van der Waals surface area contributed by atoms with Crippen LogP contribution in [0.1, 0.15) is 176 Å². The summed E-state index contributed by atoms with van der Waals surface area (Å²) >= 11 is 0. The smallest absolute Gasteiger partial charge is 0.744 e. The first-order valence-electron chi connectivity index (χ1n) is 18.0. The summed E-state index contributed by atoms with van der Waals surface area (Å²) in [6.45, 7) is 4.67. The third kappa shape index (κ3) is 24.9. The van der Waals surface area contributed by atoms with Crippen molar-refractivity contribution in [3.05, 3.63) is 53.6 Å². The largest absolute Gasteiger partial charge is 1.00 e.